The van der Waals surface area contributed by atoms with Crippen LogP contribution in [0, 0.1) is 5.82 Å². The summed E-state index contributed by atoms with van der Waals surface area (Å²) in [6, 6.07) is 13.1. The maximum Gasteiger partial charge on any atom is 0.244 e. The van der Waals surface area contributed by atoms with Crippen LogP contribution in [0.1, 0.15) is 5.56 Å². The Morgan fingerprint density at radius 3 is 2.25 bits per heavy atom. The Labute approximate surface area is 146 Å². The topological polar surface area (TPSA) is 40.6 Å². The molecule has 3 rings (SSSR count). The van der Waals surface area contributed by atoms with Crippen molar-refractivity contribution in [2.75, 3.05) is 26.2 Å². The molecule has 0 aromatic heterocycles. The number of piperazine rings is 1. The van der Waals surface area contributed by atoms with Crippen molar-refractivity contribution in [3.63, 3.8) is 0 Å². The Balaban J connectivity index is 1.67. The van der Waals surface area contributed by atoms with Gasteiger partial charge in [0.1, 0.15) is 10.7 Å². The molecule has 1 aliphatic heterocycles. The third kappa shape index (κ3) is 3.62. The van der Waals surface area contributed by atoms with E-state index >= 15 is 0 Å². The van der Waals surface area contributed by atoms with E-state index in [0.717, 1.165) is 0 Å². The van der Waals surface area contributed by atoms with Gasteiger partial charge in [-0.1, -0.05) is 41.9 Å². The molecule has 1 aliphatic rings. The molecule has 0 spiro atoms. The molecule has 128 valence electrons. The lowest BCUT2D eigenvalue weighted by Crippen LogP contribution is -2.48. The number of benzene rings is 2. The minimum Gasteiger partial charge on any atom is -0.296 e. The number of rotatable bonds is 4. The lowest BCUT2D eigenvalue weighted by Gasteiger charge is -2.34. The number of hydrogen-bond acceptors (Lipinski definition) is 3. The van der Waals surface area contributed by atoms with Crippen LogP contribution in [0.2, 0.25) is 5.02 Å². The molecule has 7 heteroatoms. The van der Waals surface area contributed by atoms with Crippen LogP contribution >= 0.6 is 11.6 Å². The third-order valence-corrected chi connectivity index (χ3v) is 6.54. The van der Waals surface area contributed by atoms with Crippen molar-refractivity contribution in [3.05, 3.63) is 64.9 Å². The zero-order valence-electron chi connectivity index (χ0n) is 13.0. The van der Waals surface area contributed by atoms with E-state index in [-0.39, 0.29) is 15.7 Å². The van der Waals surface area contributed by atoms with Crippen molar-refractivity contribution in [2.24, 2.45) is 0 Å². The molecule has 0 saturated carbocycles. The number of sulfonamides is 1. The smallest absolute Gasteiger partial charge is 0.244 e. The molecule has 0 aliphatic carbocycles. The van der Waals surface area contributed by atoms with Gasteiger partial charge in [-0.05, 0) is 18.2 Å². The minimum absolute atomic E-state index is 0.134. The van der Waals surface area contributed by atoms with Crippen LogP contribution in [0.15, 0.2) is 53.4 Å². The summed E-state index contributed by atoms with van der Waals surface area (Å²) < 4.78 is 40.5. The molecular weight excluding hydrogens is 351 g/mol. The summed E-state index contributed by atoms with van der Waals surface area (Å²) in [5.74, 6) is -0.233. The maximum absolute atomic E-state index is 13.7. The van der Waals surface area contributed by atoms with E-state index in [2.05, 4.69) is 4.90 Å². The van der Waals surface area contributed by atoms with Crippen LogP contribution in [0.25, 0.3) is 0 Å². The molecular formula is C17H18ClFN2O2S. The van der Waals surface area contributed by atoms with Gasteiger partial charge in [0, 0.05) is 38.3 Å². The average molecular weight is 369 g/mol. The first-order valence-corrected chi connectivity index (χ1v) is 9.51. The van der Waals surface area contributed by atoms with Crippen LogP contribution in [0.4, 0.5) is 4.39 Å². The normalized spacial score (nSPS) is 17.1. The Hall–Kier alpha value is -1.47. The molecule has 1 heterocycles. The largest absolute Gasteiger partial charge is 0.296 e. The molecule has 0 N–H and O–H groups in total. The first-order chi connectivity index (χ1) is 11.5. The van der Waals surface area contributed by atoms with E-state index in [1.165, 1.54) is 16.4 Å². The van der Waals surface area contributed by atoms with Crippen LogP contribution in [-0.4, -0.2) is 43.8 Å². The zero-order chi connectivity index (χ0) is 17.2. The molecule has 24 heavy (non-hydrogen) atoms. The van der Waals surface area contributed by atoms with Gasteiger partial charge in [-0.15, -0.1) is 0 Å². The van der Waals surface area contributed by atoms with Crippen molar-refractivity contribution >= 4 is 21.6 Å². The average Bonchev–Trinajstić information content (AvgIpc) is 2.58. The van der Waals surface area contributed by atoms with E-state index in [4.69, 9.17) is 11.6 Å². The zero-order valence-corrected chi connectivity index (χ0v) is 14.6. The Bertz CT molecular complexity index is 821. The summed E-state index contributed by atoms with van der Waals surface area (Å²) in [6.07, 6.45) is 0. The fourth-order valence-electron chi connectivity index (χ4n) is 2.79. The fourth-order valence-corrected chi connectivity index (χ4v) is 4.70. The van der Waals surface area contributed by atoms with Crippen molar-refractivity contribution < 1.29 is 12.8 Å². The van der Waals surface area contributed by atoms with Gasteiger partial charge in [0.15, 0.2) is 0 Å². The molecule has 4 nitrogen and oxygen atoms in total. The van der Waals surface area contributed by atoms with Crippen LogP contribution in [0.5, 0.6) is 0 Å². The van der Waals surface area contributed by atoms with Crippen molar-refractivity contribution in [3.8, 4) is 0 Å². The third-order valence-electron chi connectivity index (χ3n) is 4.14. The highest BCUT2D eigenvalue weighted by atomic mass is 35.5. The summed E-state index contributed by atoms with van der Waals surface area (Å²) in [4.78, 5) is 2.19. The van der Waals surface area contributed by atoms with Gasteiger partial charge < -0.3 is 0 Å². The molecule has 1 saturated heterocycles. The van der Waals surface area contributed by atoms with E-state index in [9.17, 15) is 12.8 Å². The molecule has 0 bridgehead atoms. The lowest BCUT2D eigenvalue weighted by atomic mass is 10.2. The highest BCUT2D eigenvalue weighted by Gasteiger charge is 2.30. The minimum atomic E-state index is -3.60. The van der Waals surface area contributed by atoms with E-state index in [0.29, 0.717) is 38.3 Å². The summed E-state index contributed by atoms with van der Waals surface area (Å²) in [6.45, 7) is 2.31. The van der Waals surface area contributed by atoms with Crippen LogP contribution in [0.3, 0.4) is 0 Å². The predicted octanol–water partition coefficient (Wildman–Crippen LogP) is 2.99. The number of hydrogen-bond donors (Lipinski definition) is 0. The standard InChI is InChI=1S/C17H18ClFN2O2S/c18-15-6-2-4-8-17(15)24(22,23)21-11-9-20(10-12-21)13-14-5-1-3-7-16(14)19/h1-8H,9-13H2. The summed E-state index contributed by atoms with van der Waals surface area (Å²) in [5.41, 5.74) is 0.625. The first-order valence-electron chi connectivity index (χ1n) is 7.69. The molecule has 0 amide bonds. The van der Waals surface area contributed by atoms with Crippen LogP contribution in [-0.2, 0) is 16.6 Å². The molecule has 0 atom stereocenters. The first kappa shape index (κ1) is 17.4. The summed E-state index contributed by atoms with van der Waals surface area (Å²) in [5, 5.41) is 0.228. The van der Waals surface area contributed by atoms with E-state index in [1.807, 2.05) is 0 Å². The lowest BCUT2D eigenvalue weighted by molar-refractivity contribution is 0.180. The maximum atomic E-state index is 13.7. The molecule has 1 fully saturated rings. The molecule has 2 aromatic rings. The summed E-state index contributed by atoms with van der Waals surface area (Å²) in [7, 11) is -3.60. The van der Waals surface area contributed by atoms with E-state index < -0.39 is 10.0 Å². The van der Waals surface area contributed by atoms with Crippen molar-refractivity contribution in [1.82, 2.24) is 9.21 Å². The highest BCUT2D eigenvalue weighted by Crippen LogP contribution is 2.25. The monoisotopic (exact) mass is 368 g/mol. The van der Waals surface area contributed by atoms with Gasteiger partial charge in [-0.2, -0.15) is 4.31 Å². The van der Waals surface area contributed by atoms with Gasteiger partial charge in [-0.3, -0.25) is 4.90 Å². The fraction of sp³-hybridized carbons (Fsp3) is 0.294. The second-order valence-electron chi connectivity index (χ2n) is 5.70. The van der Waals surface area contributed by atoms with Gasteiger partial charge >= 0.3 is 0 Å². The number of nitrogens with zero attached hydrogens (tertiary/aromatic N) is 2. The van der Waals surface area contributed by atoms with E-state index in [1.54, 1.807) is 36.4 Å². The van der Waals surface area contributed by atoms with Crippen molar-refractivity contribution in [2.45, 2.75) is 11.4 Å². The van der Waals surface area contributed by atoms with Gasteiger partial charge in [0.05, 0.1) is 5.02 Å². The Kier molecular flexibility index (Phi) is 5.20. The van der Waals surface area contributed by atoms with Crippen LogP contribution < -0.4 is 0 Å². The Morgan fingerprint density at radius 2 is 1.58 bits per heavy atom. The van der Waals surface area contributed by atoms with Gasteiger partial charge in [0.25, 0.3) is 0 Å². The molecule has 2 aromatic carbocycles. The van der Waals surface area contributed by atoms with Gasteiger partial charge in [-0.25, -0.2) is 12.8 Å². The second-order valence-corrected chi connectivity index (χ2v) is 8.02. The highest BCUT2D eigenvalue weighted by molar-refractivity contribution is 7.89. The molecule has 0 unspecified atom stereocenters. The predicted molar refractivity (Wildman–Crippen MR) is 91.9 cm³/mol. The summed E-state index contributed by atoms with van der Waals surface area (Å²) >= 11 is 6.02. The van der Waals surface area contributed by atoms with Gasteiger partial charge in [0.2, 0.25) is 10.0 Å². The number of halogens is 2. The quantitative estimate of drug-likeness (QED) is 0.833. The second kappa shape index (κ2) is 7.19. The SMILES string of the molecule is O=S(=O)(c1ccccc1Cl)N1CCN(Cc2ccccc2F)CC1. The van der Waals surface area contributed by atoms with Crippen molar-refractivity contribution in [1.29, 1.82) is 0 Å². The Morgan fingerprint density at radius 1 is 0.958 bits per heavy atom. The molecule has 0 radical (unpaired) electrons.